The molecule has 2 fully saturated rings. The van der Waals surface area contributed by atoms with E-state index in [4.69, 9.17) is 5.84 Å². The van der Waals surface area contributed by atoms with Crippen molar-refractivity contribution < 1.29 is 4.92 Å². The van der Waals surface area contributed by atoms with E-state index in [0.717, 1.165) is 24.6 Å². The molecule has 0 aromatic heterocycles. The summed E-state index contributed by atoms with van der Waals surface area (Å²) in [4.78, 5) is 13.0. The first-order valence-electron chi connectivity index (χ1n) is 7.15. The lowest BCUT2D eigenvalue weighted by Crippen LogP contribution is -2.27. The molecule has 0 atom stereocenters. The van der Waals surface area contributed by atoms with E-state index < -0.39 is 4.92 Å². The number of hydrazine groups is 1. The third kappa shape index (κ3) is 3.08. The number of anilines is 1. The number of nitrogens with zero attached hydrogens (tertiary/aromatic N) is 2. The highest BCUT2D eigenvalue weighted by Gasteiger charge is 2.33. The van der Waals surface area contributed by atoms with Crippen molar-refractivity contribution >= 4 is 11.4 Å². The van der Waals surface area contributed by atoms with Gasteiger partial charge in [0, 0.05) is 25.2 Å². The van der Waals surface area contributed by atoms with Gasteiger partial charge in [-0.2, -0.15) is 0 Å². The van der Waals surface area contributed by atoms with Gasteiger partial charge in [-0.3, -0.25) is 20.9 Å². The second-order valence-corrected chi connectivity index (χ2v) is 5.86. The molecule has 1 aromatic carbocycles. The maximum Gasteiger partial charge on any atom is 0.293 e. The Bertz CT molecular complexity index is 512. The van der Waals surface area contributed by atoms with Crippen LogP contribution in [0.4, 0.5) is 11.4 Å². The summed E-state index contributed by atoms with van der Waals surface area (Å²) < 4.78 is 0. The molecule has 2 saturated carbocycles. The fourth-order valence-electron chi connectivity index (χ4n) is 2.61. The molecule has 2 aliphatic rings. The molecule has 3 rings (SSSR count). The van der Waals surface area contributed by atoms with Crippen LogP contribution in [0.3, 0.4) is 0 Å². The SMILES string of the molecule is NNc1cc(CN(CC2CC2)C2CC2)ccc1[N+](=O)[O-]. The minimum Gasteiger partial charge on any atom is -0.318 e. The van der Waals surface area contributed by atoms with Crippen molar-refractivity contribution in [1.82, 2.24) is 4.90 Å². The highest BCUT2D eigenvalue weighted by Crippen LogP contribution is 2.36. The van der Waals surface area contributed by atoms with Crippen LogP contribution in [0.5, 0.6) is 0 Å². The van der Waals surface area contributed by atoms with Gasteiger partial charge in [-0.25, -0.2) is 0 Å². The highest BCUT2D eigenvalue weighted by molar-refractivity contribution is 5.62. The zero-order valence-electron chi connectivity index (χ0n) is 11.4. The summed E-state index contributed by atoms with van der Waals surface area (Å²) in [7, 11) is 0. The van der Waals surface area contributed by atoms with E-state index >= 15 is 0 Å². The fourth-order valence-corrected chi connectivity index (χ4v) is 2.61. The second kappa shape index (κ2) is 5.38. The molecule has 0 heterocycles. The van der Waals surface area contributed by atoms with Gasteiger partial charge in [0.15, 0.2) is 0 Å². The van der Waals surface area contributed by atoms with Crippen LogP contribution in [-0.4, -0.2) is 22.4 Å². The van der Waals surface area contributed by atoms with Crippen molar-refractivity contribution in [3.8, 4) is 0 Å². The number of benzene rings is 1. The Hall–Kier alpha value is -1.66. The molecule has 2 aliphatic carbocycles. The second-order valence-electron chi connectivity index (χ2n) is 5.86. The maximum atomic E-state index is 10.9. The molecule has 0 amide bonds. The minimum atomic E-state index is -0.415. The standard InChI is InChI=1S/C14H20N4O2/c15-16-13-7-11(3-6-14(13)18(19)20)9-17(12-4-5-12)8-10-1-2-10/h3,6-7,10,12,16H,1-2,4-5,8-9,15H2. The lowest BCUT2D eigenvalue weighted by molar-refractivity contribution is -0.384. The molecule has 108 valence electrons. The van der Waals surface area contributed by atoms with Crippen LogP contribution < -0.4 is 11.3 Å². The molecule has 0 saturated heterocycles. The smallest absolute Gasteiger partial charge is 0.293 e. The van der Waals surface area contributed by atoms with Crippen molar-refractivity contribution in [2.75, 3.05) is 12.0 Å². The van der Waals surface area contributed by atoms with Gasteiger partial charge >= 0.3 is 0 Å². The first-order valence-corrected chi connectivity index (χ1v) is 7.15. The lowest BCUT2D eigenvalue weighted by atomic mass is 10.1. The van der Waals surface area contributed by atoms with Crippen molar-refractivity contribution in [3.63, 3.8) is 0 Å². The molecule has 1 aromatic rings. The van der Waals surface area contributed by atoms with Crippen molar-refractivity contribution in [3.05, 3.63) is 33.9 Å². The third-order valence-corrected chi connectivity index (χ3v) is 4.05. The number of rotatable bonds is 7. The van der Waals surface area contributed by atoms with E-state index in [9.17, 15) is 10.1 Å². The van der Waals surface area contributed by atoms with Gasteiger partial charge in [0.05, 0.1) is 4.92 Å². The van der Waals surface area contributed by atoms with Crippen LogP contribution in [0.15, 0.2) is 18.2 Å². The number of nitrogen functional groups attached to an aromatic ring is 1. The van der Waals surface area contributed by atoms with Gasteiger partial charge in [-0.05, 0) is 43.2 Å². The summed E-state index contributed by atoms with van der Waals surface area (Å²) in [5.74, 6) is 6.24. The summed E-state index contributed by atoms with van der Waals surface area (Å²) in [5.41, 5.74) is 3.92. The first-order chi connectivity index (χ1) is 9.67. The van der Waals surface area contributed by atoms with Crippen molar-refractivity contribution in [1.29, 1.82) is 0 Å². The Morgan fingerprint density at radius 3 is 2.65 bits per heavy atom. The number of hydrogen-bond acceptors (Lipinski definition) is 5. The molecular weight excluding hydrogens is 256 g/mol. The number of nitrogens with one attached hydrogen (secondary N) is 1. The molecule has 6 heteroatoms. The molecule has 0 bridgehead atoms. The van der Waals surface area contributed by atoms with Gasteiger partial charge in [0.2, 0.25) is 0 Å². The van der Waals surface area contributed by atoms with E-state index in [-0.39, 0.29) is 5.69 Å². The average molecular weight is 276 g/mol. The molecule has 0 aliphatic heterocycles. The van der Waals surface area contributed by atoms with E-state index in [1.165, 1.54) is 31.7 Å². The number of nitro benzene ring substituents is 1. The Morgan fingerprint density at radius 2 is 2.10 bits per heavy atom. The summed E-state index contributed by atoms with van der Waals surface area (Å²) in [6.07, 6.45) is 5.25. The molecular formula is C14H20N4O2. The minimum absolute atomic E-state index is 0.0245. The Labute approximate surface area is 118 Å². The topological polar surface area (TPSA) is 84.4 Å². The zero-order valence-corrected chi connectivity index (χ0v) is 11.4. The first kappa shape index (κ1) is 13.3. The van der Waals surface area contributed by atoms with Crippen molar-refractivity contribution in [2.24, 2.45) is 11.8 Å². The van der Waals surface area contributed by atoms with E-state index in [0.29, 0.717) is 11.7 Å². The van der Waals surface area contributed by atoms with Gasteiger partial charge < -0.3 is 5.43 Å². The lowest BCUT2D eigenvalue weighted by Gasteiger charge is -2.22. The van der Waals surface area contributed by atoms with E-state index in [1.807, 2.05) is 6.07 Å². The normalized spacial score (nSPS) is 18.3. The van der Waals surface area contributed by atoms with Crippen LogP contribution in [-0.2, 0) is 6.54 Å². The monoisotopic (exact) mass is 276 g/mol. The van der Waals surface area contributed by atoms with Gasteiger partial charge in [0.1, 0.15) is 5.69 Å². The average Bonchev–Trinajstić information content (AvgIpc) is 3.29. The van der Waals surface area contributed by atoms with Crippen LogP contribution in [0.25, 0.3) is 0 Å². The molecule has 0 spiro atoms. The maximum absolute atomic E-state index is 10.9. The fraction of sp³-hybridized carbons (Fsp3) is 0.571. The molecule has 0 unspecified atom stereocenters. The van der Waals surface area contributed by atoms with Crippen LogP contribution in [0, 0.1) is 16.0 Å². The predicted molar refractivity (Wildman–Crippen MR) is 77.1 cm³/mol. The Balaban J connectivity index is 1.73. The highest BCUT2D eigenvalue weighted by atomic mass is 16.6. The molecule has 6 nitrogen and oxygen atoms in total. The van der Waals surface area contributed by atoms with E-state index in [1.54, 1.807) is 6.07 Å². The van der Waals surface area contributed by atoms with Gasteiger partial charge in [0.25, 0.3) is 5.69 Å². The quantitative estimate of drug-likeness (QED) is 0.453. The Kier molecular flexibility index (Phi) is 3.58. The van der Waals surface area contributed by atoms with Crippen molar-refractivity contribution in [2.45, 2.75) is 38.3 Å². The summed E-state index contributed by atoms with van der Waals surface area (Å²) in [6.45, 7) is 2.01. The third-order valence-electron chi connectivity index (χ3n) is 4.05. The van der Waals surface area contributed by atoms with Crippen LogP contribution in [0.1, 0.15) is 31.2 Å². The van der Waals surface area contributed by atoms with Gasteiger partial charge in [-0.15, -0.1) is 0 Å². The summed E-state index contributed by atoms with van der Waals surface area (Å²) in [6, 6.07) is 5.87. The van der Waals surface area contributed by atoms with Gasteiger partial charge in [-0.1, -0.05) is 6.07 Å². The molecule has 3 N–H and O–H groups in total. The summed E-state index contributed by atoms with van der Waals surface area (Å²) in [5, 5.41) is 10.9. The molecule has 20 heavy (non-hydrogen) atoms. The van der Waals surface area contributed by atoms with E-state index in [2.05, 4.69) is 10.3 Å². The predicted octanol–water partition coefficient (Wildman–Crippen LogP) is 2.25. The molecule has 0 radical (unpaired) electrons. The summed E-state index contributed by atoms with van der Waals surface area (Å²) >= 11 is 0. The number of nitrogens with two attached hydrogens (primary N) is 1. The zero-order chi connectivity index (χ0) is 14.1. The van der Waals surface area contributed by atoms with Crippen LogP contribution in [0.2, 0.25) is 0 Å². The number of nitro groups is 1. The Morgan fingerprint density at radius 1 is 1.35 bits per heavy atom. The van der Waals surface area contributed by atoms with Crippen LogP contribution >= 0.6 is 0 Å². The number of hydrogen-bond donors (Lipinski definition) is 2. The largest absolute Gasteiger partial charge is 0.318 e.